The minimum absolute atomic E-state index is 0.102. The van der Waals surface area contributed by atoms with E-state index in [4.69, 9.17) is 4.74 Å². The summed E-state index contributed by atoms with van der Waals surface area (Å²) in [5.74, 6) is -0.289. The van der Waals surface area contributed by atoms with Crippen molar-refractivity contribution in [3.8, 4) is 5.75 Å². The van der Waals surface area contributed by atoms with E-state index in [-0.39, 0.29) is 29.4 Å². The van der Waals surface area contributed by atoms with Gasteiger partial charge in [0.1, 0.15) is 21.3 Å². The van der Waals surface area contributed by atoms with Gasteiger partial charge >= 0.3 is 11.9 Å². The number of hydrogen-bond acceptors (Lipinski definition) is 7. The molecule has 8 nitrogen and oxygen atoms in total. The van der Waals surface area contributed by atoms with E-state index in [1.54, 1.807) is 14.0 Å². The molecule has 0 amide bonds. The van der Waals surface area contributed by atoms with Gasteiger partial charge in [0.25, 0.3) is 5.56 Å². The molecule has 0 aliphatic carbocycles. The molecule has 158 valence electrons. The quantitative estimate of drug-likeness (QED) is 0.547. The zero-order valence-electron chi connectivity index (χ0n) is 16.9. The molecule has 0 aliphatic rings. The monoisotopic (exact) mass is 430 g/mol. The van der Waals surface area contributed by atoms with Gasteiger partial charge in [0, 0.05) is 24.9 Å². The summed E-state index contributed by atoms with van der Waals surface area (Å²) in [6.45, 7) is 1.88. The first-order valence-corrected chi connectivity index (χ1v) is 10.1. The second-order valence-electron chi connectivity index (χ2n) is 6.69. The molecule has 0 aliphatic heterocycles. The van der Waals surface area contributed by atoms with Crippen LogP contribution < -0.4 is 10.3 Å². The fraction of sp³-hybridized carbons (Fsp3) is 0.333. The van der Waals surface area contributed by atoms with Crippen LogP contribution in [0.15, 0.2) is 29.1 Å². The summed E-state index contributed by atoms with van der Waals surface area (Å²) >= 11 is 0.993. The number of methoxy groups -OCH3 is 2. The average molecular weight is 430 g/mol. The van der Waals surface area contributed by atoms with Gasteiger partial charge in [-0.2, -0.15) is 0 Å². The lowest BCUT2D eigenvalue weighted by molar-refractivity contribution is -0.140. The van der Waals surface area contributed by atoms with E-state index in [0.717, 1.165) is 16.9 Å². The van der Waals surface area contributed by atoms with Crippen LogP contribution in [0, 0.1) is 6.92 Å². The maximum atomic E-state index is 13.3. The van der Waals surface area contributed by atoms with Crippen molar-refractivity contribution in [2.45, 2.75) is 32.7 Å². The van der Waals surface area contributed by atoms with Crippen molar-refractivity contribution in [1.82, 2.24) is 9.55 Å². The molecule has 0 atom stereocenters. The third-order valence-electron chi connectivity index (χ3n) is 4.86. The Morgan fingerprint density at radius 3 is 2.63 bits per heavy atom. The fourth-order valence-corrected chi connectivity index (χ4v) is 4.36. The summed E-state index contributed by atoms with van der Waals surface area (Å²) < 4.78 is 11.6. The van der Waals surface area contributed by atoms with Crippen molar-refractivity contribution in [3.63, 3.8) is 0 Å². The number of thiophene rings is 1. The minimum Gasteiger partial charge on any atom is -0.496 e. The second kappa shape index (κ2) is 9.08. The Bertz CT molecular complexity index is 1160. The van der Waals surface area contributed by atoms with Gasteiger partial charge in [-0.05, 0) is 25.0 Å². The number of benzene rings is 1. The van der Waals surface area contributed by atoms with Crippen LogP contribution in [0.4, 0.5) is 0 Å². The number of fused-ring (bicyclic) bond motifs is 1. The first-order chi connectivity index (χ1) is 14.4. The van der Waals surface area contributed by atoms with Gasteiger partial charge in [-0.1, -0.05) is 18.2 Å². The molecule has 3 rings (SSSR count). The predicted octanol–water partition coefficient (Wildman–Crippen LogP) is 3.02. The van der Waals surface area contributed by atoms with E-state index in [0.29, 0.717) is 40.2 Å². The minimum atomic E-state index is -1.08. The number of aromatic nitrogens is 2. The molecule has 2 aromatic heterocycles. The lowest BCUT2D eigenvalue weighted by Gasteiger charge is -2.14. The van der Waals surface area contributed by atoms with Crippen LogP contribution in [0.1, 0.15) is 39.5 Å². The van der Waals surface area contributed by atoms with Gasteiger partial charge < -0.3 is 14.6 Å². The van der Waals surface area contributed by atoms with E-state index in [9.17, 15) is 19.5 Å². The number of para-hydroxylation sites is 1. The zero-order valence-corrected chi connectivity index (χ0v) is 17.7. The molecule has 0 radical (unpaired) electrons. The first-order valence-electron chi connectivity index (χ1n) is 9.32. The molecule has 9 heteroatoms. The predicted molar refractivity (Wildman–Crippen MR) is 113 cm³/mol. The van der Waals surface area contributed by atoms with Gasteiger partial charge in [-0.3, -0.25) is 14.2 Å². The Balaban J connectivity index is 2.12. The van der Waals surface area contributed by atoms with Crippen LogP contribution in [0.5, 0.6) is 5.75 Å². The highest BCUT2D eigenvalue weighted by Crippen LogP contribution is 2.28. The summed E-state index contributed by atoms with van der Waals surface area (Å²) in [6, 6.07) is 7.43. The van der Waals surface area contributed by atoms with Crippen molar-refractivity contribution in [3.05, 3.63) is 56.4 Å². The number of nitrogens with zero attached hydrogens (tertiary/aromatic N) is 2. The molecule has 0 fully saturated rings. The van der Waals surface area contributed by atoms with Crippen LogP contribution >= 0.6 is 11.3 Å². The van der Waals surface area contributed by atoms with Crippen LogP contribution in [0.2, 0.25) is 0 Å². The molecular formula is C21H22N2O6S. The van der Waals surface area contributed by atoms with Crippen LogP contribution in [0.25, 0.3) is 10.2 Å². The maximum Gasteiger partial charge on any atom is 0.346 e. The SMILES string of the molecule is COC(=O)CCCn1c(Cc2ccccc2OC)nc2sc(C(=O)O)c(C)c2c1=O. The highest BCUT2D eigenvalue weighted by Gasteiger charge is 2.21. The highest BCUT2D eigenvalue weighted by atomic mass is 32.1. The Morgan fingerprint density at radius 2 is 1.97 bits per heavy atom. The highest BCUT2D eigenvalue weighted by molar-refractivity contribution is 7.20. The molecule has 30 heavy (non-hydrogen) atoms. The van der Waals surface area contributed by atoms with Crippen molar-refractivity contribution >= 4 is 33.5 Å². The molecule has 0 saturated heterocycles. The van der Waals surface area contributed by atoms with E-state index in [1.807, 2.05) is 24.3 Å². The maximum absolute atomic E-state index is 13.3. The molecule has 1 aromatic carbocycles. The Kier molecular flexibility index (Phi) is 6.51. The standard InChI is InChI=1S/C21H22N2O6S/c1-12-17-19(30-18(12)21(26)27)22-15(11-13-7-4-5-8-14(13)28-2)23(20(17)25)10-6-9-16(24)29-3/h4-5,7-8H,6,9-11H2,1-3H3,(H,26,27). The molecule has 2 heterocycles. The number of esters is 1. The number of aromatic carboxylic acids is 1. The smallest absolute Gasteiger partial charge is 0.346 e. The van der Waals surface area contributed by atoms with E-state index >= 15 is 0 Å². The normalized spacial score (nSPS) is 10.9. The largest absolute Gasteiger partial charge is 0.496 e. The number of carbonyl (C=O) groups is 2. The third-order valence-corrected chi connectivity index (χ3v) is 6.03. The summed E-state index contributed by atoms with van der Waals surface area (Å²) in [5.41, 5.74) is 0.946. The molecular weight excluding hydrogens is 408 g/mol. The number of rotatable bonds is 8. The summed E-state index contributed by atoms with van der Waals surface area (Å²) in [6.07, 6.45) is 0.887. The van der Waals surface area contributed by atoms with Crippen molar-refractivity contribution in [2.24, 2.45) is 0 Å². The van der Waals surface area contributed by atoms with Gasteiger partial charge in [0.15, 0.2) is 0 Å². The second-order valence-corrected chi connectivity index (χ2v) is 7.69. The Morgan fingerprint density at radius 1 is 1.23 bits per heavy atom. The number of aryl methyl sites for hydroxylation is 1. The van der Waals surface area contributed by atoms with Crippen molar-refractivity contribution in [1.29, 1.82) is 0 Å². The molecule has 1 N–H and O–H groups in total. The van der Waals surface area contributed by atoms with Crippen molar-refractivity contribution in [2.75, 3.05) is 14.2 Å². The topological polar surface area (TPSA) is 108 Å². The van der Waals surface area contributed by atoms with Gasteiger partial charge in [-0.25, -0.2) is 9.78 Å². The summed E-state index contributed by atoms with van der Waals surface area (Å²) in [5, 5.41) is 9.74. The first kappa shape index (κ1) is 21.5. The number of ether oxygens (including phenoxy) is 2. The van der Waals surface area contributed by atoms with E-state index in [2.05, 4.69) is 9.72 Å². The molecule has 0 saturated carbocycles. The lowest BCUT2D eigenvalue weighted by atomic mass is 10.1. The third kappa shape index (κ3) is 4.20. The fourth-order valence-electron chi connectivity index (χ4n) is 3.33. The van der Waals surface area contributed by atoms with Crippen molar-refractivity contribution < 1.29 is 24.2 Å². The number of carboxylic acid groups (broad SMARTS) is 1. The molecule has 0 unspecified atom stereocenters. The van der Waals surface area contributed by atoms with Gasteiger partial charge in [-0.15, -0.1) is 11.3 Å². The van der Waals surface area contributed by atoms with E-state index < -0.39 is 5.97 Å². The van der Waals surface area contributed by atoms with Crippen LogP contribution in [0.3, 0.4) is 0 Å². The van der Waals surface area contributed by atoms with Gasteiger partial charge in [0.05, 0.1) is 19.6 Å². The molecule has 3 aromatic rings. The Hall–Kier alpha value is -3.20. The van der Waals surface area contributed by atoms with E-state index in [1.165, 1.54) is 11.7 Å². The average Bonchev–Trinajstić information content (AvgIpc) is 3.07. The van der Waals surface area contributed by atoms with Gasteiger partial charge in [0.2, 0.25) is 0 Å². The van der Waals surface area contributed by atoms with Crippen LogP contribution in [-0.4, -0.2) is 40.8 Å². The zero-order chi connectivity index (χ0) is 21.8. The molecule has 0 spiro atoms. The van der Waals surface area contributed by atoms with Crippen LogP contribution in [-0.2, 0) is 22.5 Å². The summed E-state index contributed by atoms with van der Waals surface area (Å²) in [7, 11) is 2.89. The lowest BCUT2D eigenvalue weighted by Crippen LogP contribution is -2.26. The molecule has 0 bridgehead atoms. The number of hydrogen-bond donors (Lipinski definition) is 1. The number of carboxylic acids is 1. The Labute approximate surface area is 176 Å². The summed E-state index contributed by atoms with van der Waals surface area (Å²) in [4.78, 5) is 41.4. The number of carbonyl (C=O) groups excluding carboxylic acids is 1.